The lowest BCUT2D eigenvalue weighted by atomic mass is 10.1. The van der Waals surface area contributed by atoms with E-state index in [4.69, 9.17) is 5.73 Å². The fourth-order valence-corrected chi connectivity index (χ4v) is 2.76. The third kappa shape index (κ3) is 1.96. The molecule has 1 aromatic heterocycles. The topological polar surface area (TPSA) is 82.4 Å². The average Bonchev–Trinajstić information content (AvgIpc) is 3.03. The molecule has 1 aromatic carbocycles. The van der Waals surface area contributed by atoms with Crippen LogP contribution < -0.4 is 5.73 Å². The van der Waals surface area contributed by atoms with Gasteiger partial charge in [-0.05, 0) is 31.0 Å². The Morgan fingerprint density at radius 3 is 3.16 bits per heavy atom. The van der Waals surface area contributed by atoms with Crippen molar-refractivity contribution in [3.63, 3.8) is 0 Å². The number of carbonyl (C=O) groups is 1. The van der Waals surface area contributed by atoms with Gasteiger partial charge in [-0.3, -0.25) is 4.79 Å². The van der Waals surface area contributed by atoms with Crippen LogP contribution in [-0.4, -0.2) is 40.1 Å². The van der Waals surface area contributed by atoms with E-state index in [2.05, 4.69) is 4.98 Å². The van der Waals surface area contributed by atoms with Crippen molar-refractivity contribution in [3.8, 4) is 0 Å². The zero-order chi connectivity index (χ0) is 13.4. The first-order chi connectivity index (χ1) is 9.20. The first-order valence-electron chi connectivity index (χ1n) is 6.49. The largest absolute Gasteiger partial charge is 0.399 e. The summed E-state index contributed by atoms with van der Waals surface area (Å²) < 4.78 is 0. The van der Waals surface area contributed by atoms with E-state index < -0.39 is 0 Å². The highest BCUT2D eigenvalue weighted by molar-refractivity contribution is 6.07. The van der Waals surface area contributed by atoms with Gasteiger partial charge in [-0.1, -0.05) is 0 Å². The van der Waals surface area contributed by atoms with Gasteiger partial charge in [0.1, 0.15) is 0 Å². The van der Waals surface area contributed by atoms with Crippen molar-refractivity contribution in [1.29, 1.82) is 0 Å². The van der Waals surface area contributed by atoms with Crippen LogP contribution in [0.4, 0.5) is 5.69 Å². The Hall–Kier alpha value is -2.01. The van der Waals surface area contributed by atoms with Crippen LogP contribution in [0.2, 0.25) is 0 Å². The van der Waals surface area contributed by atoms with E-state index in [1.165, 1.54) is 0 Å². The molecule has 2 aromatic rings. The Bertz CT molecular complexity index is 620. The Kier molecular flexibility index (Phi) is 2.91. The minimum atomic E-state index is -0.0569. The minimum absolute atomic E-state index is 0.0240. The summed E-state index contributed by atoms with van der Waals surface area (Å²) in [5, 5.41) is 10.2. The van der Waals surface area contributed by atoms with E-state index >= 15 is 0 Å². The number of aliphatic hydroxyl groups excluding tert-OH is 1. The van der Waals surface area contributed by atoms with Gasteiger partial charge < -0.3 is 20.7 Å². The molecule has 1 saturated heterocycles. The maximum absolute atomic E-state index is 12.6. The summed E-state index contributed by atoms with van der Waals surface area (Å²) in [6.07, 6.45) is 3.54. The van der Waals surface area contributed by atoms with Crippen molar-refractivity contribution in [3.05, 3.63) is 30.0 Å². The summed E-state index contributed by atoms with van der Waals surface area (Å²) in [7, 11) is 0. The molecule has 1 aliphatic heterocycles. The minimum Gasteiger partial charge on any atom is -0.399 e. The molecule has 1 amide bonds. The second kappa shape index (κ2) is 4.59. The summed E-state index contributed by atoms with van der Waals surface area (Å²) in [5.74, 6) is -0.0339. The number of hydrogen-bond donors (Lipinski definition) is 3. The molecule has 1 atom stereocenters. The van der Waals surface area contributed by atoms with E-state index in [9.17, 15) is 9.90 Å². The van der Waals surface area contributed by atoms with E-state index in [1.54, 1.807) is 17.2 Å². The molecule has 0 radical (unpaired) electrons. The fraction of sp³-hybridized carbons (Fsp3) is 0.357. The number of nitrogens with two attached hydrogens (primary N) is 1. The molecule has 0 unspecified atom stereocenters. The van der Waals surface area contributed by atoms with Gasteiger partial charge in [0.2, 0.25) is 0 Å². The molecule has 4 N–H and O–H groups in total. The van der Waals surface area contributed by atoms with Crippen LogP contribution in [-0.2, 0) is 0 Å². The van der Waals surface area contributed by atoms with Crippen LogP contribution in [0.1, 0.15) is 23.2 Å². The molecule has 100 valence electrons. The van der Waals surface area contributed by atoms with Crippen molar-refractivity contribution >= 4 is 22.5 Å². The summed E-state index contributed by atoms with van der Waals surface area (Å²) in [5.41, 5.74) is 7.95. The summed E-state index contributed by atoms with van der Waals surface area (Å²) >= 11 is 0. The maximum Gasteiger partial charge on any atom is 0.256 e. The van der Waals surface area contributed by atoms with Crippen molar-refractivity contribution in [2.24, 2.45) is 0 Å². The SMILES string of the molecule is Nc1ccc2[nH]cc(C(=O)N3CCC[C@@H]3CO)c2c1. The van der Waals surface area contributed by atoms with Crippen LogP contribution in [0.5, 0.6) is 0 Å². The predicted molar refractivity (Wildman–Crippen MR) is 73.9 cm³/mol. The van der Waals surface area contributed by atoms with E-state index in [1.807, 2.05) is 12.1 Å². The van der Waals surface area contributed by atoms with Gasteiger partial charge in [0.15, 0.2) is 0 Å². The number of aromatic amines is 1. The zero-order valence-electron chi connectivity index (χ0n) is 10.6. The van der Waals surface area contributed by atoms with Gasteiger partial charge in [0, 0.05) is 29.3 Å². The Balaban J connectivity index is 1.99. The molecule has 5 heteroatoms. The van der Waals surface area contributed by atoms with Crippen molar-refractivity contribution in [2.75, 3.05) is 18.9 Å². The number of H-pyrrole nitrogens is 1. The van der Waals surface area contributed by atoms with Gasteiger partial charge in [-0.25, -0.2) is 0 Å². The number of fused-ring (bicyclic) bond motifs is 1. The van der Waals surface area contributed by atoms with Gasteiger partial charge in [-0.2, -0.15) is 0 Å². The number of nitrogen functional groups attached to an aromatic ring is 1. The summed E-state index contributed by atoms with van der Waals surface area (Å²) in [6, 6.07) is 5.43. The van der Waals surface area contributed by atoms with Gasteiger partial charge in [0.05, 0.1) is 18.2 Å². The molecular weight excluding hydrogens is 242 g/mol. The molecule has 0 spiro atoms. The summed E-state index contributed by atoms with van der Waals surface area (Å²) in [6.45, 7) is 0.731. The number of amides is 1. The number of nitrogens with one attached hydrogen (secondary N) is 1. The lowest BCUT2D eigenvalue weighted by Gasteiger charge is -2.22. The lowest BCUT2D eigenvalue weighted by Crippen LogP contribution is -2.37. The highest BCUT2D eigenvalue weighted by Gasteiger charge is 2.29. The Labute approximate surface area is 111 Å². The fourth-order valence-electron chi connectivity index (χ4n) is 2.76. The van der Waals surface area contributed by atoms with E-state index in [0.717, 1.165) is 23.7 Å². The van der Waals surface area contributed by atoms with Crippen LogP contribution >= 0.6 is 0 Å². The number of carbonyl (C=O) groups excluding carboxylic acids is 1. The third-order valence-corrected chi connectivity index (χ3v) is 3.78. The van der Waals surface area contributed by atoms with Gasteiger partial charge in [-0.15, -0.1) is 0 Å². The molecule has 1 aliphatic rings. The second-order valence-electron chi connectivity index (χ2n) is 4.98. The van der Waals surface area contributed by atoms with Crippen LogP contribution in [0.15, 0.2) is 24.4 Å². The number of anilines is 1. The normalized spacial score (nSPS) is 19.2. The molecule has 3 rings (SSSR count). The Morgan fingerprint density at radius 2 is 2.37 bits per heavy atom. The molecule has 0 aliphatic carbocycles. The highest BCUT2D eigenvalue weighted by atomic mass is 16.3. The van der Waals surface area contributed by atoms with Crippen molar-refractivity contribution in [2.45, 2.75) is 18.9 Å². The number of likely N-dealkylation sites (tertiary alicyclic amines) is 1. The molecule has 0 bridgehead atoms. The predicted octanol–water partition coefficient (Wildman–Crippen LogP) is 1.35. The van der Waals surface area contributed by atoms with E-state index in [0.29, 0.717) is 17.8 Å². The average molecular weight is 259 g/mol. The van der Waals surface area contributed by atoms with Crippen LogP contribution in [0.25, 0.3) is 10.9 Å². The molecule has 19 heavy (non-hydrogen) atoms. The monoisotopic (exact) mass is 259 g/mol. The van der Waals surface area contributed by atoms with Gasteiger partial charge in [0.25, 0.3) is 5.91 Å². The quantitative estimate of drug-likeness (QED) is 0.712. The smallest absolute Gasteiger partial charge is 0.256 e. The first-order valence-corrected chi connectivity index (χ1v) is 6.49. The van der Waals surface area contributed by atoms with Gasteiger partial charge >= 0.3 is 0 Å². The number of rotatable bonds is 2. The molecule has 1 fully saturated rings. The number of aliphatic hydroxyl groups is 1. The number of aromatic nitrogens is 1. The van der Waals surface area contributed by atoms with Crippen molar-refractivity contribution in [1.82, 2.24) is 9.88 Å². The number of hydrogen-bond acceptors (Lipinski definition) is 3. The number of benzene rings is 1. The molecule has 0 saturated carbocycles. The first kappa shape index (κ1) is 12.0. The third-order valence-electron chi connectivity index (χ3n) is 3.78. The van der Waals surface area contributed by atoms with Crippen molar-refractivity contribution < 1.29 is 9.90 Å². The van der Waals surface area contributed by atoms with E-state index in [-0.39, 0.29) is 18.6 Å². The molecule has 2 heterocycles. The number of nitrogens with zero attached hydrogens (tertiary/aromatic N) is 1. The lowest BCUT2D eigenvalue weighted by molar-refractivity contribution is 0.0679. The maximum atomic E-state index is 12.6. The Morgan fingerprint density at radius 1 is 1.53 bits per heavy atom. The molecule has 5 nitrogen and oxygen atoms in total. The summed E-state index contributed by atoms with van der Waals surface area (Å²) in [4.78, 5) is 17.4. The molecular formula is C14H17N3O2. The van der Waals surface area contributed by atoms with Crippen LogP contribution in [0.3, 0.4) is 0 Å². The van der Waals surface area contributed by atoms with Crippen LogP contribution in [0, 0.1) is 0 Å². The zero-order valence-corrected chi connectivity index (χ0v) is 10.6. The second-order valence-corrected chi connectivity index (χ2v) is 4.98. The highest BCUT2D eigenvalue weighted by Crippen LogP contribution is 2.25. The standard InChI is InChI=1S/C14H17N3O2/c15-9-3-4-13-11(6-9)12(7-16-13)14(19)17-5-1-2-10(17)8-18/h3-4,6-7,10,16,18H,1-2,5,8,15H2/t10-/m1/s1.